The number of ketones is 1. The van der Waals surface area contributed by atoms with Gasteiger partial charge in [-0.1, -0.05) is 41.5 Å². The summed E-state index contributed by atoms with van der Waals surface area (Å²) in [4.78, 5) is 28.4. The predicted molar refractivity (Wildman–Crippen MR) is 93.1 cm³/mol. The summed E-state index contributed by atoms with van der Waals surface area (Å²) >= 11 is 0. The third-order valence-corrected chi connectivity index (χ3v) is 4.08. The van der Waals surface area contributed by atoms with E-state index in [0.717, 1.165) is 12.0 Å². The van der Waals surface area contributed by atoms with Gasteiger partial charge in [0.2, 0.25) is 5.91 Å². The van der Waals surface area contributed by atoms with E-state index >= 15 is 0 Å². The molecule has 3 atom stereocenters. The summed E-state index contributed by atoms with van der Waals surface area (Å²) in [5.74, 6) is 0.350. The zero-order valence-electron chi connectivity index (χ0n) is 15.2. The van der Waals surface area contributed by atoms with Gasteiger partial charge in [0.05, 0.1) is 6.04 Å². The van der Waals surface area contributed by atoms with Crippen molar-refractivity contribution in [3.05, 3.63) is 30.1 Å². The first-order valence-electron chi connectivity index (χ1n) is 8.57. The molecule has 0 saturated heterocycles. The van der Waals surface area contributed by atoms with E-state index in [2.05, 4.69) is 10.3 Å². The molecule has 2 unspecified atom stereocenters. The molecular weight excluding hydrogens is 288 g/mol. The number of rotatable bonds is 5. The maximum atomic E-state index is 12.4. The molecule has 1 aliphatic carbocycles. The van der Waals surface area contributed by atoms with Crippen LogP contribution in [-0.4, -0.2) is 22.7 Å². The molecule has 1 aromatic rings. The van der Waals surface area contributed by atoms with Crippen LogP contribution in [0.5, 0.6) is 0 Å². The molecular formula is C19H30N2O2. The van der Waals surface area contributed by atoms with Crippen molar-refractivity contribution in [2.75, 3.05) is 0 Å². The number of nitrogens with one attached hydrogen (secondary N) is 1. The first-order chi connectivity index (χ1) is 10.8. The van der Waals surface area contributed by atoms with E-state index in [4.69, 9.17) is 0 Å². The van der Waals surface area contributed by atoms with Gasteiger partial charge in [-0.15, -0.1) is 0 Å². The van der Waals surface area contributed by atoms with Gasteiger partial charge in [0.1, 0.15) is 0 Å². The van der Waals surface area contributed by atoms with Gasteiger partial charge in [0.15, 0.2) is 5.78 Å². The van der Waals surface area contributed by atoms with Crippen molar-refractivity contribution in [1.82, 2.24) is 10.3 Å². The van der Waals surface area contributed by atoms with Crippen LogP contribution in [0.15, 0.2) is 24.5 Å². The Morgan fingerprint density at radius 1 is 1.26 bits per heavy atom. The zero-order chi connectivity index (χ0) is 17.6. The zero-order valence-corrected chi connectivity index (χ0v) is 15.2. The molecule has 128 valence electrons. The second kappa shape index (κ2) is 8.23. The summed E-state index contributed by atoms with van der Waals surface area (Å²) in [7, 11) is 0. The molecule has 4 nitrogen and oxygen atoms in total. The van der Waals surface area contributed by atoms with Crippen LogP contribution < -0.4 is 5.32 Å². The minimum absolute atomic E-state index is 0.00135. The fourth-order valence-corrected chi connectivity index (χ4v) is 2.70. The molecule has 23 heavy (non-hydrogen) atoms. The second-order valence-electron chi connectivity index (χ2n) is 6.86. The monoisotopic (exact) mass is 318 g/mol. The van der Waals surface area contributed by atoms with Gasteiger partial charge < -0.3 is 5.32 Å². The molecule has 0 aromatic carbocycles. The highest BCUT2D eigenvalue weighted by atomic mass is 16.2. The van der Waals surface area contributed by atoms with Crippen LogP contribution in [0.3, 0.4) is 0 Å². The van der Waals surface area contributed by atoms with Crippen molar-refractivity contribution in [2.45, 2.75) is 66.3 Å². The third kappa shape index (κ3) is 5.15. The molecule has 2 rings (SSSR count). The molecule has 1 N–H and O–H groups in total. The largest absolute Gasteiger partial charge is 0.346 e. The molecule has 1 amide bonds. The molecule has 0 spiro atoms. The lowest BCUT2D eigenvalue weighted by Gasteiger charge is -2.30. The SMILES string of the molecule is CC.CCC(=O)C(NC(=O)C1C[C@H]1c1ccncc1)C(C)(C)C. The second-order valence-corrected chi connectivity index (χ2v) is 6.86. The van der Waals surface area contributed by atoms with Gasteiger partial charge in [-0.05, 0) is 35.4 Å². The highest BCUT2D eigenvalue weighted by Gasteiger charge is 2.45. The number of pyridine rings is 1. The van der Waals surface area contributed by atoms with Gasteiger partial charge in [-0.2, -0.15) is 0 Å². The number of Topliss-reactive ketones (excluding diaryl/α,β-unsaturated/α-hetero) is 1. The van der Waals surface area contributed by atoms with Crippen molar-refractivity contribution < 1.29 is 9.59 Å². The fraction of sp³-hybridized carbons (Fsp3) is 0.632. The van der Waals surface area contributed by atoms with Gasteiger partial charge >= 0.3 is 0 Å². The van der Waals surface area contributed by atoms with Crippen LogP contribution >= 0.6 is 0 Å². The Bertz CT molecular complexity index is 520. The standard InChI is InChI=1S/C17H24N2O2.C2H6/c1-5-14(20)15(17(2,3)4)19-16(21)13-10-12(13)11-6-8-18-9-7-11;1-2/h6-9,12-13,15H,5,10H2,1-4H3,(H,19,21);1-2H3/t12-,13?,15?;/m0./s1. The van der Waals surface area contributed by atoms with Gasteiger partial charge in [0.25, 0.3) is 0 Å². The van der Waals surface area contributed by atoms with Crippen molar-refractivity contribution in [1.29, 1.82) is 0 Å². The van der Waals surface area contributed by atoms with E-state index in [0.29, 0.717) is 6.42 Å². The van der Waals surface area contributed by atoms with Crippen LogP contribution in [0, 0.1) is 11.3 Å². The maximum absolute atomic E-state index is 12.4. The maximum Gasteiger partial charge on any atom is 0.224 e. The minimum Gasteiger partial charge on any atom is -0.346 e. The molecule has 1 fully saturated rings. The van der Waals surface area contributed by atoms with E-state index in [1.165, 1.54) is 0 Å². The number of carbonyl (C=O) groups excluding carboxylic acids is 2. The van der Waals surface area contributed by atoms with E-state index < -0.39 is 6.04 Å². The average Bonchev–Trinajstić information content (AvgIpc) is 3.34. The van der Waals surface area contributed by atoms with Crippen molar-refractivity contribution in [2.24, 2.45) is 11.3 Å². The Hall–Kier alpha value is -1.71. The molecule has 1 aromatic heterocycles. The lowest BCUT2D eigenvalue weighted by atomic mass is 9.83. The van der Waals surface area contributed by atoms with E-state index in [9.17, 15) is 9.59 Å². The third-order valence-electron chi connectivity index (χ3n) is 4.08. The van der Waals surface area contributed by atoms with Gasteiger partial charge in [0, 0.05) is 24.7 Å². The van der Waals surface area contributed by atoms with Crippen molar-refractivity contribution in [3.63, 3.8) is 0 Å². The summed E-state index contributed by atoms with van der Waals surface area (Å²) in [6, 6.07) is 3.50. The molecule has 4 heteroatoms. The first-order valence-corrected chi connectivity index (χ1v) is 8.57. The summed E-state index contributed by atoms with van der Waals surface area (Å²) in [6.45, 7) is 11.8. The number of hydrogen-bond acceptors (Lipinski definition) is 3. The highest BCUT2D eigenvalue weighted by Crippen LogP contribution is 2.47. The Kier molecular flexibility index (Phi) is 6.92. The summed E-state index contributed by atoms with van der Waals surface area (Å²) < 4.78 is 0. The summed E-state index contributed by atoms with van der Waals surface area (Å²) in [5, 5.41) is 2.97. The normalized spacial score (nSPS) is 20.8. The first kappa shape index (κ1) is 19.3. The molecule has 1 saturated carbocycles. The Labute approximate surface area is 140 Å². The number of amides is 1. The van der Waals surface area contributed by atoms with E-state index in [1.807, 2.05) is 53.7 Å². The Balaban J connectivity index is 0.00000127. The fourth-order valence-electron chi connectivity index (χ4n) is 2.70. The molecule has 0 bridgehead atoms. The average molecular weight is 318 g/mol. The number of hydrogen-bond donors (Lipinski definition) is 1. The van der Waals surface area contributed by atoms with Gasteiger partial charge in [-0.3, -0.25) is 14.6 Å². The topological polar surface area (TPSA) is 59.1 Å². The predicted octanol–water partition coefficient (Wildman–Crippen LogP) is 3.72. The number of carbonyl (C=O) groups is 2. The van der Waals surface area contributed by atoms with Crippen LogP contribution in [0.1, 0.15) is 65.9 Å². The van der Waals surface area contributed by atoms with Crippen LogP contribution in [0.2, 0.25) is 0 Å². The van der Waals surface area contributed by atoms with Gasteiger partial charge in [-0.25, -0.2) is 0 Å². The Morgan fingerprint density at radius 2 is 1.83 bits per heavy atom. The van der Waals surface area contributed by atoms with E-state index in [1.54, 1.807) is 12.4 Å². The summed E-state index contributed by atoms with van der Waals surface area (Å²) in [6.07, 6.45) is 4.80. The van der Waals surface area contributed by atoms with E-state index in [-0.39, 0.29) is 28.9 Å². The van der Waals surface area contributed by atoms with Crippen molar-refractivity contribution in [3.8, 4) is 0 Å². The van der Waals surface area contributed by atoms with Crippen molar-refractivity contribution >= 4 is 11.7 Å². The molecule has 0 radical (unpaired) electrons. The number of aromatic nitrogens is 1. The summed E-state index contributed by atoms with van der Waals surface area (Å²) in [5.41, 5.74) is 0.892. The molecule has 0 aliphatic heterocycles. The van der Waals surface area contributed by atoms with Crippen LogP contribution in [0.25, 0.3) is 0 Å². The smallest absolute Gasteiger partial charge is 0.224 e. The minimum atomic E-state index is -0.409. The number of nitrogens with zero attached hydrogens (tertiary/aromatic N) is 1. The Morgan fingerprint density at radius 3 is 2.30 bits per heavy atom. The quantitative estimate of drug-likeness (QED) is 0.900. The highest BCUT2D eigenvalue weighted by molar-refractivity contribution is 5.91. The lowest BCUT2D eigenvalue weighted by Crippen LogP contribution is -2.49. The molecule has 1 heterocycles. The van der Waals surface area contributed by atoms with Crippen LogP contribution in [0.4, 0.5) is 0 Å². The lowest BCUT2D eigenvalue weighted by molar-refractivity contribution is -0.130. The van der Waals surface area contributed by atoms with Crippen LogP contribution in [-0.2, 0) is 9.59 Å². The molecule has 1 aliphatic rings.